The maximum atomic E-state index is 12.2. The van der Waals surface area contributed by atoms with Gasteiger partial charge in [0.2, 0.25) is 17.7 Å². The van der Waals surface area contributed by atoms with E-state index < -0.39 is 0 Å². The number of hydrogen-bond acceptors (Lipinski definition) is 4. The normalized spacial score (nSPS) is 14.0. The largest absolute Gasteiger partial charge is 0.493 e. The second-order valence-corrected chi connectivity index (χ2v) is 6.36. The van der Waals surface area contributed by atoms with Gasteiger partial charge in [0.05, 0.1) is 13.2 Å². The van der Waals surface area contributed by atoms with Crippen molar-refractivity contribution in [3.63, 3.8) is 0 Å². The van der Waals surface area contributed by atoms with Crippen LogP contribution in [0.15, 0.2) is 54.6 Å². The van der Waals surface area contributed by atoms with E-state index in [1.54, 1.807) is 30.3 Å². The summed E-state index contributed by atoms with van der Waals surface area (Å²) in [6.45, 7) is 2.73. The summed E-state index contributed by atoms with van der Waals surface area (Å²) in [5.74, 6) is 0.188. The van der Waals surface area contributed by atoms with Crippen molar-refractivity contribution in [3.8, 4) is 5.75 Å². The summed E-state index contributed by atoms with van der Waals surface area (Å²) in [6, 6.07) is 14.6. The number of benzene rings is 2. The molecule has 0 radical (unpaired) electrons. The number of para-hydroxylation sites is 1. The van der Waals surface area contributed by atoms with Gasteiger partial charge in [-0.25, -0.2) is 0 Å². The summed E-state index contributed by atoms with van der Waals surface area (Å²) in [5.41, 5.74) is 2.30. The SMILES string of the molecule is CCOc1ccccc1/C=C/C(=O)Nc1ccc(CN2C(=O)CCC2=O)cc1. The Morgan fingerprint density at radius 2 is 1.75 bits per heavy atom. The van der Waals surface area contributed by atoms with E-state index in [2.05, 4.69) is 5.32 Å². The highest BCUT2D eigenvalue weighted by molar-refractivity contribution is 6.02. The van der Waals surface area contributed by atoms with Crippen molar-refractivity contribution in [1.82, 2.24) is 4.90 Å². The minimum atomic E-state index is -0.260. The fraction of sp³-hybridized carbons (Fsp3) is 0.227. The van der Waals surface area contributed by atoms with Gasteiger partial charge >= 0.3 is 0 Å². The second-order valence-electron chi connectivity index (χ2n) is 6.36. The molecular formula is C22H22N2O4. The minimum Gasteiger partial charge on any atom is -0.493 e. The van der Waals surface area contributed by atoms with Crippen LogP contribution in [0, 0.1) is 0 Å². The Bertz CT molecular complexity index is 887. The van der Waals surface area contributed by atoms with Crippen molar-refractivity contribution >= 4 is 29.5 Å². The predicted molar refractivity (Wildman–Crippen MR) is 107 cm³/mol. The minimum absolute atomic E-state index is 0.139. The van der Waals surface area contributed by atoms with Gasteiger partial charge in [-0.15, -0.1) is 0 Å². The molecule has 2 aromatic carbocycles. The van der Waals surface area contributed by atoms with Crippen LogP contribution in [0.25, 0.3) is 6.08 Å². The Labute approximate surface area is 163 Å². The van der Waals surface area contributed by atoms with E-state index in [9.17, 15) is 14.4 Å². The standard InChI is InChI=1S/C22H22N2O4/c1-2-28-19-6-4-3-5-17(19)9-12-20(25)23-18-10-7-16(8-11-18)15-24-21(26)13-14-22(24)27/h3-12H,2,13-15H2,1H3,(H,23,25)/b12-9+. The zero-order valence-corrected chi connectivity index (χ0v) is 15.7. The number of nitrogens with zero attached hydrogens (tertiary/aromatic N) is 1. The molecule has 3 rings (SSSR count). The van der Waals surface area contributed by atoms with Crippen LogP contribution in [-0.2, 0) is 20.9 Å². The molecule has 6 heteroatoms. The maximum absolute atomic E-state index is 12.2. The van der Waals surface area contributed by atoms with E-state index in [0.29, 0.717) is 12.3 Å². The van der Waals surface area contributed by atoms with Gasteiger partial charge in [-0.2, -0.15) is 0 Å². The van der Waals surface area contributed by atoms with Gasteiger partial charge in [0.25, 0.3) is 0 Å². The van der Waals surface area contributed by atoms with Crippen LogP contribution in [0.5, 0.6) is 5.75 Å². The van der Waals surface area contributed by atoms with Crippen molar-refractivity contribution in [2.45, 2.75) is 26.3 Å². The van der Waals surface area contributed by atoms with E-state index >= 15 is 0 Å². The van der Waals surface area contributed by atoms with Gasteiger partial charge < -0.3 is 10.1 Å². The first-order valence-electron chi connectivity index (χ1n) is 9.20. The van der Waals surface area contributed by atoms with E-state index in [0.717, 1.165) is 16.9 Å². The molecule has 2 aromatic rings. The zero-order valence-electron chi connectivity index (χ0n) is 15.7. The number of nitrogens with one attached hydrogen (secondary N) is 1. The third-order valence-corrected chi connectivity index (χ3v) is 4.35. The molecule has 0 aliphatic carbocycles. The number of anilines is 1. The highest BCUT2D eigenvalue weighted by atomic mass is 16.5. The summed E-state index contributed by atoms with van der Waals surface area (Å²) in [4.78, 5) is 36.8. The van der Waals surface area contributed by atoms with Crippen LogP contribution in [0.2, 0.25) is 0 Å². The number of carbonyl (C=O) groups excluding carboxylic acids is 3. The Balaban J connectivity index is 1.59. The average Bonchev–Trinajstić information content (AvgIpc) is 3.01. The van der Waals surface area contributed by atoms with Crippen LogP contribution >= 0.6 is 0 Å². The number of rotatable bonds is 7. The molecule has 28 heavy (non-hydrogen) atoms. The van der Waals surface area contributed by atoms with Crippen LogP contribution in [0.3, 0.4) is 0 Å². The fourth-order valence-corrected chi connectivity index (χ4v) is 2.93. The lowest BCUT2D eigenvalue weighted by atomic mass is 10.1. The second kappa shape index (κ2) is 8.99. The maximum Gasteiger partial charge on any atom is 0.248 e. The number of imide groups is 1. The van der Waals surface area contributed by atoms with E-state index in [-0.39, 0.29) is 37.1 Å². The highest BCUT2D eigenvalue weighted by Gasteiger charge is 2.28. The quantitative estimate of drug-likeness (QED) is 0.592. The third-order valence-electron chi connectivity index (χ3n) is 4.35. The van der Waals surface area contributed by atoms with Crippen molar-refractivity contribution in [2.24, 2.45) is 0 Å². The van der Waals surface area contributed by atoms with Gasteiger partial charge in [-0.1, -0.05) is 30.3 Å². The van der Waals surface area contributed by atoms with Crippen LogP contribution in [0.4, 0.5) is 5.69 Å². The molecule has 0 saturated carbocycles. The molecule has 3 amide bonds. The van der Waals surface area contributed by atoms with Gasteiger partial charge in [0.1, 0.15) is 5.75 Å². The number of carbonyl (C=O) groups is 3. The molecule has 6 nitrogen and oxygen atoms in total. The third kappa shape index (κ3) is 4.85. The molecule has 0 atom stereocenters. The van der Waals surface area contributed by atoms with E-state index in [1.807, 2.05) is 31.2 Å². The molecule has 1 saturated heterocycles. The average molecular weight is 378 g/mol. The molecule has 0 aromatic heterocycles. The molecule has 1 heterocycles. The predicted octanol–water partition coefficient (Wildman–Crippen LogP) is 3.39. The number of ether oxygens (including phenoxy) is 1. The van der Waals surface area contributed by atoms with Gasteiger partial charge in [0, 0.05) is 30.2 Å². The monoisotopic (exact) mass is 378 g/mol. The van der Waals surface area contributed by atoms with E-state index in [4.69, 9.17) is 4.74 Å². The topological polar surface area (TPSA) is 75.7 Å². The molecule has 0 unspecified atom stereocenters. The summed E-state index contributed by atoms with van der Waals surface area (Å²) in [5, 5.41) is 2.79. The van der Waals surface area contributed by atoms with Gasteiger partial charge in [0.15, 0.2) is 0 Å². The molecule has 0 spiro atoms. The van der Waals surface area contributed by atoms with Crippen LogP contribution in [0.1, 0.15) is 30.9 Å². The van der Waals surface area contributed by atoms with Crippen LogP contribution in [-0.4, -0.2) is 29.2 Å². The number of hydrogen-bond donors (Lipinski definition) is 1. The molecular weight excluding hydrogens is 356 g/mol. The summed E-state index contributed by atoms with van der Waals surface area (Å²) in [6.07, 6.45) is 3.73. The van der Waals surface area contributed by atoms with Crippen molar-refractivity contribution in [1.29, 1.82) is 0 Å². The molecule has 1 fully saturated rings. The molecule has 1 aliphatic rings. The zero-order chi connectivity index (χ0) is 19.9. The smallest absolute Gasteiger partial charge is 0.248 e. The van der Waals surface area contributed by atoms with E-state index in [1.165, 1.54) is 11.0 Å². The molecule has 144 valence electrons. The lowest BCUT2D eigenvalue weighted by molar-refractivity contribution is -0.139. The lowest BCUT2D eigenvalue weighted by Gasteiger charge is -2.14. The van der Waals surface area contributed by atoms with Crippen molar-refractivity contribution < 1.29 is 19.1 Å². The fourth-order valence-electron chi connectivity index (χ4n) is 2.93. The van der Waals surface area contributed by atoms with Crippen molar-refractivity contribution in [3.05, 3.63) is 65.7 Å². The summed E-state index contributed by atoms with van der Waals surface area (Å²) >= 11 is 0. The summed E-state index contributed by atoms with van der Waals surface area (Å²) < 4.78 is 5.54. The lowest BCUT2D eigenvalue weighted by Crippen LogP contribution is -2.28. The number of likely N-dealkylation sites (tertiary alicyclic amines) is 1. The summed E-state index contributed by atoms with van der Waals surface area (Å²) in [7, 11) is 0. The first kappa shape index (κ1) is 19.4. The van der Waals surface area contributed by atoms with Crippen molar-refractivity contribution in [2.75, 3.05) is 11.9 Å². The first-order valence-corrected chi connectivity index (χ1v) is 9.20. The van der Waals surface area contributed by atoms with Crippen LogP contribution < -0.4 is 10.1 Å². The highest BCUT2D eigenvalue weighted by Crippen LogP contribution is 2.20. The first-order chi connectivity index (χ1) is 13.6. The Morgan fingerprint density at radius 1 is 1.07 bits per heavy atom. The van der Waals surface area contributed by atoms with Gasteiger partial charge in [-0.05, 0) is 36.8 Å². The molecule has 1 aliphatic heterocycles. The Hall–Kier alpha value is -3.41. The molecule has 1 N–H and O–H groups in total. The molecule has 0 bridgehead atoms. The number of amides is 3. The van der Waals surface area contributed by atoms with Gasteiger partial charge in [-0.3, -0.25) is 19.3 Å². The Kier molecular flexibility index (Phi) is 6.22. The Morgan fingerprint density at radius 3 is 2.43 bits per heavy atom.